The van der Waals surface area contributed by atoms with Gasteiger partial charge in [0.2, 0.25) is 11.9 Å². The molecule has 4 rings (SSSR count). The summed E-state index contributed by atoms with van der Waals surface area (Å²) in [4.78, 5) is 23.7. The molecule has 2 N–H and O–H groups in total. The van der Waals surface area contributed by atoms with Crippen LogP contribution in [0, 0.1) is 5.92 Å². The lowest BCUT2D eigenvalue weighted by molar-refractivity contribution is -0.122. The number of hydrogen-bond donors (Lipinski definition) is 2. The van der Waals surface area contributed by atoms with Crippen molar-refractivity contribution in [3.05, 3.63) is 47.7 Å². The molecule has 0 radical (unpaired) electrons. The lowest BCUT2D eigenvalue weighted by Gasteiger charge is -2.33. The van der Waals surface area contributed by atoms with Gasteiger partial charge in [-0.2, -0.15) is 4.98 Å². The van der Waals surface area contributed by atoms with Crippen LogP contribution in [0.5, 0.6) is 0 Å². The summed E-state index contributed by atoms with van der Waals surface area (Å²) in [5.74, 6) is 3.10. The summed E-state index contributed by atoms with van der Waals surface area (Å²) in [6, 6.07) is 10.7. The van der Waals surface area contributed by atoms with Gasteiger partial charge in [0.15, 0.2) is 0 Å². The number of hydrogen-bond acceptors (Lipinski definition) is 5. The second kappa shape index (κ2) is 10.8. The summed E-state index contributed by atoms with van der Waals surface area (Å²) in [6.45, 7) is 7.58. The first-order valence-corrected chi connectivity index (χ1v) is 12.3. The van der Waals surface area contributed by atoms with E-state index in [9.17, 15) is 4.79 Å². The van der Waals surface area contributed by atoms with Crippen LogP contribution in [0.3, 0.4) is 0 Å². The molecule has 1 aliphatic carbocycles. The number of anilines is 2. The third-order valence-corrected chi connectivity index (χ3v) is 7.14. The number of carbonyl (C=O) groups excluding carboxylic acids is 1. The van der Waals surface area contributed by atoms with Gasteiger partial charge in [0.25, 0.3) is 0 Å². The van der Waals surface area contributed by atoms with Crippen molar-refractivity contribution in [1.82, 2.24) is 15.3 Å². The molecular weight excluding hydrogens is 398 g/mol. The van der Waals surface area contributed by atoms with Crippen LogP contribution in [0.4, 0.5) is 11.8 Å². The third-order valence-electron chi connectivity index (χ3n) is 7.14. The minimum atomic E-state index is -0.111. The average Bonchev–Trinajstić information content (AvgIpc) is 3.37. The number of nitrogens with zero attached hydrogens (tertiary/aromatic N) is 3. The number of benzene rings is 1. The van der Waals surface area contributed by atoms with Gasteiger partial charge in [0.1, 0.15) is 5.82 Å². The van der Waals surface area contributed by atoms with Crippen LogP contribution < -0.4 is 15.5 Å². The molecule has 1 amide bonds. The fraction of sp³-hybridized carbons (Fsp3) is 0.577. The van der Waals surface area contributed by atoms with E-state index in [1.165, 1.54) is 31.2 Å². The molecule has 32 heavy (non-hydrogen) atoms. The van der Waals surface area contributed by atoms with Gasteiger partial charge >= 0.3 is 0 Å². The minimum absolute atomic E-state index is 0.0931. The highest BCUT2D eigenvalue weighted by Gasteiger charge is 2.23. The van der Waals surface area contributed by atoms with Gasteiger partial charge in [-0.05, 0) is 68.6 Å². The number of amides is 1. The molecule has 1 aliphatic heterocycles. The van der Waals surface area contributed by atoms with Crippen LogP contribution in [0.1, 0.15) is 75.3 Å². The molecule has 6 nitrogen and oxygen atoms in total. The standard InChI is InChI=1S/C26H37N5O/c1-3-27-25(32)19(2)21-8-10-22(11-9-21)23-13-16-31(17-14-23)24-12-15-28-26(30-24)29-18-20-6-4-5-7-20/h8-12,15,19-20,23H,3-7,13-14,16-18H2,1-2H3,(H,27,32)(H,28,29,30). The van der Waals surface area contributed by atoms with E-state index in [2.05, 4.69) is 44.8 Å². The first-order chi connectivity index (χ1) is 15.6. The zero-order valence-corrected chi connectivity index (χ0v) is 19.5. The fourth-order valence-electron chi connectivity index (χ4n) is 5.04. The molecule has 1 aromatic carbocycles. The number of aromatic nitrogens is 2. The maximum absolute atomic E-state index is 12.1. The van der Waals surface area contributed by atoms with Crippen LogP contribution in [0.25, 0.3) is 0 Å². The van der Waals surface area contributed by atoms with E-state index in [-0.39, 0.29) is 11.8 Å². The summed E-state index contributed by atoms with van der Waals surface area (Å²) in [5.41, 5.74) is 2.45. The summed E-state index contributed by atoms with van der Waals surface area (Å²) >= 11 is 0. The Hall–Kier alpha value is -2.63. The van der Waals surface area contributed by atoms with Crippen LogP contribution in [0.15, 0.2) is 36.5 Å². The maximum Gasteiger partial charge on any atom is 0.227 e. The van der Waals surface area contributed by atoms with Crippen molar-refractivity contribution in [3.8, 4) is 0 Å². The third kappa shape index (κ3) is 5.59. The number of carbonyl (C=O) groups is 1. The van der Waals surface area contributed by atoms with E-state index in [0.29, 0.717) is 12.5 Å². The predicted octanol–water partition coefficient (Wildman–Crippen LogP) is 4.70. The highest BCUT2D eigenvalue weighted by molar-refractivity contribution is 5.83. The highest BCUT2D eigenvalue weighted by Crippen LogP contribution is 2.31. The first-order valence-electron chi connectivity index (χ1n) is 12.3. The molecule has 1 saturated carbocycles. The van der Waals surface area contributed by atoms with E-state index in [1.807, 2.05) is 26.1 Å². The molecular formula is C26H37N5O. The second-order valence-electron chi connectivity index (χ2n) is 9.31. The summed E-state index contributed by atoms with van der Waals surface area (Å²) in [5, 5.41) is 6.36. The number of likely N-dealkylation sites (N-methyl/N-ethyl adjacent to an activating group) is 1. The molecule has 0 bridgehead atoms. The molecule has 2 fully saturated rings. The number of piperidine rings is 1. The molecule has 2 aliphatic rings. The Balaban J connectivity index is 1.30. The number of nitrogens with one attached hydrogen (secondary N) is 2. The fourth-order valence-corrected chi connectivity index (χ4v) is 5.04. The van der Waals surface area contributed by atoms with Gasteiger partial charge in [-0.1, -0.05) is 37.1 Å². The van der Waals surface area contributed by atoms with E-state index in [1.54, 1.807) is 0 Å². The molecule has 172 valence electrons. The topological polar surface area (TPSA) is 70.2 Å². The van der Waals surface area contributed by atoms with Crippen LogP contribution in [0.2, 0.25) is 0 Å². The van der Waals surface area contributed by atoms with Gasteiger partial charge in [0.05, 0.1) is 5.92 Å². The van der Waals surface area contributed by atoms with Crippen molar-refractivity contribution < 1.29 is 4.79 Å². The molecule has 1 unspecified atom stereocenters. The van der Waals surface area contributed by atoms with E-state index < -0.39 is 0 Å². The normalized spacial score (nSPS) is 18.5. The second-order valence-corrected chi connectivity index (χ2v) is 9.31. The predicted molar refractivity (Wildman–Crippen MR) is 130 cm³/mol. The summed E-state index contributed by atoms with van der Waals surface area (Å²) in [7, 11) is 0. The maximum atomic E-state index is 12.1. The van der Waals surface area contributed by atoms with Crippen molar-refractivity contribution in [2.45, 2.75) is 64.2 Å². The lowest BCUT2D eigenvalue weighted by Crippen LogP contribution is -2.33. The Morgan fingerprint density at radius 1 is 1.09 bits per heavy atom. The first kappa shape index (κ1) is 22.6. The van der Waals surface area contributed by atoms with Crippen LogP contribution >= 0.6 is 0 Å². The van der Waals surface area contributed by atoms with Gasteiger partial charge in [0, 0.05) is 32.4 Å². The van der Waals surface area contributed by atoms with Crippen LogP contribution in [-0.2, 0) is 4.79 Å². The molecule has 0 spiro atoms. The Labute approximate surface area is 192 Å². The van der Waals surface area contributed by atoms with Gasteiger partial charge < -0.3 is 15.5 Å². The Morgan fingerprint density at radius 3 is 2.50 bits per heavy atom. The van der Waals surface area contributed by atoms with Crippen molar-refractivity contribution in [2.24, 2.45) is 5.92 Å². The minimum Gasteiger partial charge on any atom is -0.356 e. The SMILES string of the molecule is CCNC(=O)C(C)c1ccc(C2CCN(c3ccnc(NCC4CCCC4)n3)CC2)cc1. The zero-order chi connectivity index (χ0) is 22.3. The number of rotatable bonds is 8. The molecule has 1 saturated heterocycles. The molecule has 6 heteroatoms. The van der Waals surface area contributed by atoms with E-state index in [0.717, 1.165) is 55.7 Å². The lowest BCUT2D eigenvalue weighted by atomic mass is 9.88. The van der Waals surface area contributed by atoms with Gasteiger partial charge in [-0.25, -0.2) is 4.98 Å². The van der Waals surface area contributed by atoms with Crippen molar-refractivity contribution in [2.75, 3.05) is 36.4 Å². The monoisotopic (exact) mass is 435 g/mol. The Kier molecular flexibility index (Phi) is 7.61. The smallest absolute Gasteiger partial charge is 0.227 e. The zero-order valence-electron chi connectivity index (χ0n) is 19.5. The van der Waals surface area contributed by atoms with Crippen molar-refractivity contribution >= 4 is 17.7 Å². The van der Waals surface area contributed by atoms with Crippen LogP contribution in [-0.4, -0.2) is 42.1 Å². The van der Waals surface area contributed by atoms with Crippen molar-refractivity contribution in [3.63, 3.8) is 0 Å². The van der Waals surface area contributed by atoms with Gasteiger partial charge in [-0.3, -0.25) is 4.79 Å². The quantitative estimate of drug-likeness (QED) is 0.629. The largest absolute Gasteiger partial charge is 0.356 e. The molecule has 1 atom stereocenters. The highest BCUT2D eigenvalue weighted by atomic mass is 16.1. The van der Waals surface area contributed by atoms with E-state index >= 15 is 0 Å². The van der Waals surface area contributed by atoms with Gasteiger partial charge in [-0.15, -0.1) is 0 Å². The van der Waals surface area contributed by atoms with E-state index in [4.69, 9.17) is 4.98 Å². The van der Waals surface area contributed by atoms with Crippen molar-refractivity contribution in [1.29, 1.82) is 0 Å². The average molecular weight is 436 g/mol. The summed E-state index contributed by atoms with van der Waals surface area (Å²) < 4.78 is 0. The Bertz CT molecular complexity index is 870. The Morgan fingerprint density at radius 2 is 1.81 bits per heavy atom. The molecule has 2 heterocycles. The summed E-state index contributed by atoms with van der Waals surface area (Å²) in [6.07, 6.45) is 9.47. The molecule has 1 aromatic heterocycles. The molecule has 2 aromatic rings.